The van der Waals surface area contributed by atoms with Crippen LogP contribution < -0.4 is 15.1 Å². The lowest BCUT2D eigenvalue weighted by Gasteiger charge is -2.37. The number of aryl methyl sites for hydroxylation is 2. The highest BCUT2D eigenvalue weighted by atomic mass is 31.2. The molecule has 0 unspecified atom stereocenters. The molecule has 0 bridgehead atoms. The van der Waals surface area contributed by atoms with Crippen molar-refractivity contribution in [2.45, 2.75) is 86.1 Å². The molecule has 0 radical (unpaired) electrons. The van der Waals surface area contributed by atoms with Crippen molar-refractivity contribution in [1.82, 2.24) is 0 Å². The molecular formula is C37H45NP2. The van der Waals surface area contributed by atoms with Crippen molar-refractivity contribution < 1.29 is 0 Å². The molecule has 0 aliphatic heterocycles. The Morgan fingerprint density at radius 1 is 0.600 bits per heavy atom. The van der Waals surface area contributed by atoms with Crippen molar-refractivity contribution in [3.63, 3.8) is 0 Å². The molecule has 0 atom stereocenters. The molecule has 40 heavy (non-hydrogen) atoms. The van der Waals surface area contributed by atoms with Gasteiger partial charge in [0.15, 0.2) is 0 Å². The fourth-order valence-electron chi connectivity index (χ4n) is 5.66. The fourth-order valence-corrected chi connectivity index (χ4v) is 12.5. The molecule has 0 N–H and O–H groups in total. The molecule has 3 heteroatoms. The van der Waals surface area contributed by atoms with E-state index < -0.39 is 15.8 Å². The summed E-state index contributed by atoms with van der Waals surface area (Å²) in [5.41, 5.74) is 5.79. The maximum atomic E-state index is 2.93. The number of fused-ring (bicyclic) bond motifs is 3. The summed E-state index contributed by atoms with van der Waals surface area (Å²) >= 11 is 0. The van der Waals surface area contributed by atoms with E-state index in [2.05, 4.69) is 159 Å². The first kappa shape index (κ1) is 29.1. The lowest BCUT2D eigenvalue weighted by atomic mass is 9.86. The molecule has 5 aromatic rings. The van der Waals surface area contributed by atoms with Crippen LogP contribution in [0.1, 0.15) is 77.6 Å². The summed E-state index contributed by atoms with van der Waals surface area (Å²) in [6, 6.07) is 33.2. The van der Waals surface area contributed by atoms with E-state index in [1.54, 1.807) is 0 Å². The Morgan fingerprint density at radius 3 is 1.35 bits per heavy atom. The highest BCUT2D eigenvalue weighted by Gasteiger charge is 2.32. The van der Waals surface area contributed by atoms with Crippen LogP contribution in [0.15, 0.2) is 84.9 Å². The zero-order valence-corrected chi connectivity index (χ0v) is 27.8. The molecule has 1 aromatic heterocycles. The minimum Gasteiger partial charge on any atom is -0.227 e. The topological polar surface area (TPSA) is 3.24 Å². The quantitative estimate of drug-likeness (QED) is 0.192. The third kappa shape index (κ3) is 5.30. The fraction of sp³-hybridized carbons (Fsp3) is 0.351. The molecule has 5 rings (SSSR count). The van der Waals surface area contributed by atoms with Gasteiger partial charge in [-0.2, -0.15) is 0 Å². The Balaban J connectivity index is 1.94. The van der Waals surface area contributed by atoms with Crippen LogP contribution in [0.25, 0.3) is 21.0 Å². The molecule has 0 saturated carbocycles. The zero-order chi connectivity index (χ0) is 29.0. The first-order chi connectivity index (χ1) is 18.8. The number of nitrogens with zero attached hydrogens (tertiary/aromatic N) is 1. The van der Waals surface area contributed by atoms with Gasteiger partial charge in [-0.05, 0) is 102 Å². The van der Waals surface area contributed by atoms with Gasteiger partial charge in [-0.25, -0.2) is 4.44 Å². The van der Waals surface area contributed by atoms with E-state index in [-0.39, 0.29) is 10.8 Å². The molecule has 208 valence electrons. The van der Waals surface area contributed by atoms with Crippen LogP contribution in [0, 0.1) is 13.8 Å². The standard InChI is InChI=1S/C37H45NP2/c1-25(2)38(39(32-17-13-11-15-26(32)3)33-18-14-12-16-27(33)4)40-34-23-28(36(5,6)7)19-21-30(34)31-22-20-29(24-35(31)40)37(8,9)10/h11-25H,1-10H3. The molecule has 0 saturated heterocycles. The number of benzene rings is 4. The maximum absolute atomic E-state index is 2.93. The average molecular weight is 566 g/mol. The number of hydrogen-bond acceptors (Lipinski definition) is 1. The predicted molar refractivity (Wildman–Crippen MR) is 183 cm³/mol. The lowest BCUT2D eigenvalue weighted by Crippen LogP contribution is -2.33. The minimum atomic E-state index is -0.769. The minimum absolute atomic E-state index is 0.0980. The van der Waals surface area contributed by atoms with E-state index in [1.807, 2.05) is 0 Å². The summed E-state index contributed by atoms with van der Waals surface area (Å²) in [6.07, 6.45) is 0. The Hall–Kier alpha value is -2.43. The van der Waals surface area contributed by atoms with E-state index >= 15 is 0 Å². The molecule has 4 aromatic carbocycles. The maximum Gasteiger partial charge on any atom is 0.0365 e. The number of rotatable bonds is 5. The first-order valence-electron chi connectivity index (χ1n) is 14.6. The van der Waals surface area contributed by atoms with Crippen molar-refractivity contribution in [3.05, 3.63) is 107 Å². The third-order valence-corrected chi connectivity index (χ3v) is 14.4. The van der Waals surface area contributed by atoms with Crippen molar-refractivity contribution >= 4 is 47.4 Å². The van der Waals surface area contributed by atoms with Gasteiger partial charge in [-0.15, -0.1) is 0 Å². The Labute approximate surface area is 244 Å². The highest BCUT2D eigenvalue weighted by molar-refractivity contribution is 7.85. The van der Waals surface area contributed by atoms with Gasteiger partial charge in [0.25, 0.3) is 0 Å². The van der Waals surface area contributed by atoms with E-state index in [1.165, 1.54) is 53.9 Å². The van der Waals surface area contributed by atoms with Crippen LogP contribution in [0.3, 0.4) is 0 Å². The smallest absolute Gasteiger partial charge is 0.0365 e. The lowest BCUT2D eigenvalue weighted by molar-refractivity contribution is 0.591. The van der Waals surface area contributed by atoms with Crippen LogP contribution in [0.5, 0.6) is 0 Å². The third-order valence-electron chi connectivity index (χ3n) is 8.03. The second-order valence-electron chi connectivity index (χ2n) is 13.6. The van der Waals surface area contributed by atoms with Crippen molar-refractivity contribution in [1.29, 1.82) is 0 Å². The summed E-state index contributed by atoms with van der Waals surface area (Å²) in [5.74, 6) is 0. The summed E-state index contributed by atoms with van der Waals surface area (Å²) < 4.78 is 2.93. The van der Waals surface area contributed by atoms with Gasteiger partial charge >= 0.3 is 0 Å². The molecule has 0 amide bonds. The molecule has 0 aliphatic rings. The molecule has 1 nitrogen and oxygen atoms in total. The van der Waals surface area contributed by atoms with Crippen molar-refractivity contribution in [2.24, 2.45) is 0 Å². The molecule has 0 spiro atoms. The van der Waals surface area contributed by atoms with E-state index in [0.717, 1.165) is 0 Å². The zero-order valence-electron chi connectivity index (χ0n) is 26.0. The van der Waals surface area contributed by atoms with Crippen LogP contribution in [0.4, 0.5) is 0 Å². The van der Waals surface area contributed by atoms with Gasteiger partial charge < -0.3 is 0 Å². The van der Waals surface area contributed by atoms with E-state index in [4.69, 9.17) is 0 Å². The predicted octanol–water partition coefficient (Wildman–Crippen LogP) is 10.6. The van der Waals surface area contributed by atoms with E-state index in [9.17, 15) is 0 Å². The van der Waals surface area contributed by atoms with E-state index in [0.29, 0.717) is 6.04 Å². The Morgan fingerprint density at radius 2 is 1.00 bits per heavy atom. The molecule has 0 aliphatic carbocycles. The Bertz CT molecular complexity index is 1560. The number of hydrogen-bond donors (Lipinski definition) is 0. The van der Waals surface area contributed by atoms with Crippen LogP contribution in [-0.4, -0.2) is 6.04 Å². The monoisotopic (exact) mass is 565 g/mol. The summed E-state index contributed by atoms with van der Waals surface area (Å²) in [4.78, 5) is 0. The molecule has 1 heterocycles. The van der Waals surface area contributed by atoms with Crippen LogP contribution >= 0.6 is 15.8 Å². The SMILES string of the molecule is Cc1ccccc1P(c1ccccc1C)N(C(C)C)p1c2cc(C(C)(C)C)ccc2c2ccc(C(C)(C)C)cc21. The van der Waals surface area contributed by atoms with Gasteiger partial charge in [0.2, 0.25) is 0 Å². The normalized spacial score (nSPS) is 12.9. The van der Waals surface area contributed by atoms with Crippen molar-refractivity contribution in [3.8, 4) is 0 Å². The van der Waals surface area contributed by atoms with Crippen LogP contribution in [0.2, 0.25) is 0 Å². The average Bonchev–Trinajstić information content (AvgIpc) is 3.20. The van der Waals surface area contributed by atoms with Gasteiger partial charge in [-0.3, -0.25) is 0 Å². The van der Waals surface area contributed by atoms with Crippen LogP contribution in [-0.2, 0) is 10.8 Å². The molecular weight excluding hydrogens is 520 g/mol. The highest BCUT2D eigenvalue weighted by Crippen LogP contribution is 2.60. The van der Waals surface area contributed by atoms with Gasteiger partial charge in [0.05, 0.1) is 0 Å². The summed E-state index contributed by atoms with van der Waals surface area (Å²) in [7, 11) is -1.52. The van der Waals surface area contributed by atoms with Gasteiger partial charge in [-0.1, -0.05) is 114 Å². The van der Waals surface area contributed by atoms with Gasteiger partial charge in [0.1, 0.15) is 0 Å². The molecule has 0 fully saturated rings. The van der Waals surface area contributed by atoms with Gasteiger partial charge in [0, 0.05) is 24.4 Å². The first-order valence-corrected chi connectivity index (χ1v) is 17.2. The Kier molecular flexibility index (Phi) is 7.82. The second kappa shape index (κ2) is 10.8. The summed E-state index contributed by atoms with van der Waals surface area (Å²) in [5, 5.41) is 8.82. The largest absolute Gasteiger partial charge is 0.227 e. The summed E-state index contributed by atoms with van der Waals surface area (Å²) in [6.45, 7) is 23.4. The second-order valence-corrected chi connectivity index (χ2v) is 17.9. The van der Waals surface area contributed by atoms with Crippen molar-refractivity contribution in [2.75, 3.05) is 4.44 Å².